The molecule has 1 N–H and O–H groups in total. The van der Waals surface area contributed by atoms with Crippen LogP contribution in [-0.4, -0.2) is 25.5 Å². The minimum absolute atomic E-state index is 0.0396. The first-order chi connectivity index (χ1) is 13.7. The van der Waals surface area contributed by atoms with E-state index < -0.39 is 10.0 Å². The summed E-state index contributed by atoms with van der Waals surface area (Å²) in [5, 5.41) is 0. The van der Waals surface area contributed by atoms with Gasteiger partial charge in [-0.15, -0.1) is 0 Å². The molecule has 2 heterocycles. The summed E-state index contributed by atoms with van der Waals surface area (Å²) in [6.07, 6.45) is 1.68. The van der Waals surface area contributed by atoms with Gasteiger partial charge in [-0.1, -0.05) is 39.0 Å². The number of ether oxygens (including phenoxy) is 1. The molecule has 0 atom stereocenters. The number of hydrogen-bond donors (Lipinski definition) is 1. The molecule has 2 aromatic heterocycles. The Balaban J connectivity index is 1.81. The molecule has 0 amide bonds. The van der Waals surface area contributed by atoms with E-state index in [1.54, 1.807) is 37.6 Å². The van der Waals surface area contributed by atoms with Crippen LogP contribution in [0.4, 0.5) is 0 Å². The van der Waals surface area contributed by atoms with Gasteiger partial charge in [0, 0.05) is 18.3 Å². The molecular formula is C22H25N3O3S. The molecule has 0 saturated heterocycles. The first kappa shape index (κ1) is 21.0. The van der Waals surface area contributed by atoms with Crippen LogP contribution >= 0.6 is 0 Å². The van der Waals surface area contributed by atoms with Crippen LogP contribution in [0.25, 0.3) is 11.4 Å². The summed E-state index contributed by atoms with van der Waals surface area (Å²) >= 11 is 0. The number of hydrogen-bond acceptors (Lipinski definition) is 5. The van der Waals surface area contributed by atoms with Crippen LogP contribution in [0.5, 0.6) is 5.75 Å². The number of sulfonamides is 1. The van der Waals surface area contributed by atoms with Crippen LogP contribution in [0.2, 0.25) is 0 Å². The SMILES string of the molecule is COc1cc(CNS(=O)(=O)c2ccc(C(C)(C)C)cc2)nc(-c2ccccn2)c1. The van der Waals surface area contributed by atoms with Gasteiger partial charge < -0.3 is 4.74 Å². The van der Waals surface area contributed by atoms with Gasteiger partial charge in [-0.25, -0.2) is 18.1 Å². The molecule has 3 aromatic rings. The zero-order valence-electron chi connectivity index (χ0n) is 17.0. The first-order valence-electron chi connectivity index (χ1n) is 9.25. The largest absolute Gasteiger partial charge is 0.497 e. The van der Waals surface area contributed by atoms with Crippen molar-refractivity contribution in [2.45, 2.75) is 37.6 Å². The smallest absolute Gasteiger partial charge is 0.240 e. The van der Waals surface area contributed by atoms with Crippen molar-refractivity contribution in [2.75, 3.05) is 7.11 Å². The summed E-state index contributed by atoms with van der Waals surface area (Å²) < 4.78 is 33.3. The molecule has 0 aliphatic carbocycles. The van der Waals surface area contributed by atoms with Crippen molar-refractivity contribution in [3.63, 3.8) is 0 Å². The number of methoxy groups -OCH3 is 1. The molecule has 0 saturated carbocycles. The van der Waals surface area contributed by atoms with Gasteiger partial charge >= 0.3 is 0 Å². The first-order valence-corrected chi connectivity index (χ1v) is 10.7. The maximum absolute atomic E-state index is 12.7. The fourth-order valence-corrected chi connectivity index (χ4v) is 3.80. The highest BCUT2D eigenvalue weighted by Gasteiger charge is 2.18. The minimum atomic E-state index is -3.66. The number of nitrogens with zero attached hydrogens (tertiary/aromatic N) is 2. The quantitative estimate of drug-likeness (QED) is 0.665. The van der Waals surface area contributed by atoms with Gasteiger partial charge in [-0.3, -0.25) is 4.98 Å². The third kappa shape index (κ3) is 5.19. The number of nitrogens with one attached hydrogen (secondary N) is 1. The van der Waals surface area contributed by atoms with Crippen LogP contribution in [0.3, 0.4) is 0 Å². The molecule has 0 radical (unpaired) electrons. The van der Waals surface area contributed by atoms with Gasteiger partial charge in [0.1, 0.15) is 5.75 Å². The minimum Gasteiger partial charge on any atom is -0.497 e. The molecular weight excluding hydrogens is 386 g/mol. The molecule has 1 aromatic carbocycles. The molecule has 29 heavy (non-hydrogen) atoms. The lowest BCUT2D eigenvalue weighted by Gasteiger charge is -2.19. The van der Waals surface area contributed by atoms with Crippen molar-refractivity contribution in [3.05, 3.63) is 72.1 Å². The van der Waals surface area contributed by atoms with E-state index in [1.165, 1.54) is 0 Å². The molecule has 152 valence electrons. The summed E-state index contributed by atoms with van der Waals surface area (Å²) in [6.45, 7) is 6.30. The number of benzene rings is 1. The average molecular weight is 412 g/mol. The van der Waals surface area contributed by atoms with Crippen molar-refractivity contribution < 1.29 is 13.2 Å². The fourth-order valence-electron chi connectivity index (χ4n) is 2.80. The van der Waals surface area contributed by atoms with Gasteiger partial charge in [0.15, 0.2) is 0 Å². The maximum Gasteiger partial charge on any atom is 0.240 e. The Morgan fingerprint density at radius 3 is 2.31 bits per heavy atom. The highest BCUT2D eigenvalue weighted by molar-refractivity contribution is 7.89. The summed E-state index contributed by atoms with van der Waals surface area (Å²) in [6, 6.07) is 15.9. The zero-order chi connectivity index (χ0) is 21.1. The highest BCUT2D eigenvalue weighted by Crippen LogP contribution is 2.24. The topological polar surface area (TPSA) is 81.2 Å². The molecule has 0 unspecified atom stereocenters. The molecule has 0 fully saturated rings. The van der Waals surface area contributed by atoms with Crippen LogP contribution in [0.1, 0.15) is 32.0 Å². The van der Waals surface area contributed by atoms with E-state index in [-0.39, 0.29) is 16.9 Å². The Kier molecular flexibility index (Phi) is 6.00. The maximum atomic E-state index is 12.7. The van der Waals surface area contributed by atoms with Gasteiger partial charge in [-0.05, 0) is 35.2 Å². The average Bonchev–Trinajstić information content (AvgIpc) is 2.72. The molecule has 0 bridgehead atoms. The van der Waals surface area contributed by atoms with Crippen LogP contribution in [-0.2, 0) is 22.0 Å². The molecule has 0 aliphatic rings. The Morgan fingerprint density at radius 1 is 1.00 bits per heavy atom. The van der Waals surface area contributed by atoms with E-state index in [1.807, 2.05) is 30.3 Å². The van der Waals surface area contributed by atoms with Gasteiger partial charge in [0.25, 0.3) is 0 Å². The van der Waals surface area contributed by atoms with E-state index in [0.717, 1.165) is 5.56 Å². The lowest BCUT2D eigenvalue weighted by Crippen LogP contribution is -2.24. The molecule has 3 rings (SSSR count). The molecule has 0 aliphatic heterocycles. The molecule has 7 heteroatoms. The second-order valence-electron chi connectivity index (χ2n) is 7.70. The third-order valence-electron chi connectivity index (χ3n) is 4.49. The van der Waals surface area contributed by atoms with E-state index in [4.69, 9.17) is 4.74 Å². The second kappa shape index (κ2) is 8.31. The highest BCUT2D eigenvalue weighted by atomic mass is 32.2. The predicted octanol–water partition coefficient (Wildman–Crippen LogP) is 3.93. The van der Waals surface area contributed by atoms with Crippen LogP contribution in [0.15, 0.2) is 65.7 Å². The Labute approximate surface area is 172 Å². The summed E-state index contributed by atoms with van der Waals surface area (Å²) in [4.78, 5) is 9.04. The van der Waals surface area contributed by atoms with E-state index >= 15 is 0 Å². The van der Waals surface area contributed by atoms with Crippen LogP contribution < -0.4 is 9.46 Å². The Hall–Kier alpha value is -2.77. The number of aromatic nitrogens is 2. The van der Waals surface area contributed by atoms with Gasteiger partial charge in [-0.2, -0.15) is 0 Å². The van der Waals surface area contributed by atoms with Crippen molar-refractivity contribution in [1.82, 2.24) is 14.7 Å². The van der Waals surface area contributed by atoms with Crippen molar-refractivity contribution in [1.29, 1.82) is 0 Å². The fraction of sp³-hybridized carbons (Fsp3) is 0.273. The summed E-state index contributed by atoms with van der Waals surface area (Å²) in [5.74, 6) is 0.587. The van der Waals surface area contributed by atoms with Crippen molar-refractivity contribution >= 4 is 10.0 Å². The number of rotatable bonds is 6. The summed E-state index contributed by atoms with van der Waals surface area (Å²) in [5.41, 5.74) is 2.88. The standard InChI is InChI=1S/C22H25N3O3S/c1-22(2,3)16-8-10-19(11-9-16)29(26,27)24-15-17-13-18(28-4)14-21(25-17)20-7-5-6-12-23-20/h5-14,24H,15H2,1-4H3. The van der Waals surface area contributed by atoms with Crippen molar-refractivity contribution in [2.24, 2.45) is 0 Å². The van der Waals surface area contributed by atoms with E-state index in [0.29, 0.717) is 22.8 Å². The Morgan fingerprint density at radius 2 is 1.72 bits per heavy atom. The predicted molar refractivity (Wildman–Crippen MR) is 113 cm³/mol. The van der Waals surface area contributed by atoms with Gasteiger partial charge in [0.2, 0.25) is 10.0 Å². The normalized spacial score (nSPS) is 12.0. The lowest BCUT2D eigenvalue weighted by atomic mass is 9.87. The summed E-state index contributed by atoms with van der Waals surface area (Å²) in [7, 11) is -2.11. The Bertz CT molecular complexity index is 1070. The molecule has 6 nitrogen and oxygen atoms in total. The second-order valence-corrected chi connectivity index (χ2v) is 9.46. The number of pyridine rings is 2. The monoisotopic (exact) mass is 411 g/mol. The lowest BCUT2D eigenvalue weighted by molar-refractivity contribution is 0.413. The van der Waals surface area contributed by atoms with Gasteiger partial charge in [0.05, 0.1) is 35.6 Å². The zero-order valence-corrected chi connectivity index (χ0v) is 17.8. The van der Waals surface area contributed by atoms with Crippen molar-refractivity contribution in [3.8, 4) is 17.1 Å². The third-order valence-corrected chi connectivity index (χ3v) is 5.91. The van der Waals surface area contributed by atoms with E-state index in [9.17, 15) is 8.42 Å². The van der Waals surface area contributed by atoms with E-state index in [2.05, 4.69) is 35.5 Å². The van der Waals surface area contributed by atoms with Crippen LogP contribution in [0, 0.1) is 0 Å². The molecule has 0 spiro atoms.